The van der Waals surface area contributed by atoms with Crippen LogP contribution in [0.4, 0.5) is 19.0 Å². The molecule has 1 aliphatic rings. The molecule has 3 aromatic heterocycles. The zero-order valence-corrected chi connectivity index (χ0v) is 19.1. The summed E-state index contributed by atoms with van der Waals surface area (Å²) in [4.78, 5) is 47.1. The van der Waals surface area contributed by atoms with E-state index >= 15 is 0 Å². The van der Waals surface area contributed by atoms with Gasteiger partial charge in [-0.2, -0.15) is 13.2 Å². The number of fused-ring (bicyclic) bond motifs is 1. The van der Waals surface area contributed by atoms with Gasteiger partial charge in [0.1, 0.15) is 11.5 Å². The molecular formula is C22H25F3N6O4. The van der Waals surface area contributed by atoms with Gasteiger partial charge in [-0.05, 0) is 43.9 Å². The van der Waals surface area contributed by atoms with Crippen molar-refractivity contribution in [1.82, 2.24) is 24.2 Å². The average Bonchev–Trinajstić information content (AvgIpc) is 3.28. The highest BCUT2D eigenvalue weighted by Crippen LogP contribution is 2.16. The fourth-order valence-electron chi connectivity index (χ4n) is 3.54. The molecule has 0 aromatic carbocycles. The number of carboxylic acid groups (broad SMARTS) is 1. The first-order valence-electron chi connectivity index (χ1n) is 10.6. The van der Waals surface area contributed by atoms with Crippen molar-refractivity contribution >= 4 is 23.2 Å². The second-order valence-corrected chi connectivity index (χ2v) is 8.14. The fourth-order valence-corrected chi connectivity index (χ4v) is 3.54. The molecule has 1 saturated heterocycles. The highest BCUT2D eigenvalue weighted by Gasteiger charge is 2.38. The van der Waals surface area contributed by atoms with Gasteiger partial charge in [-0.3, -0.25) is 9.20 Å². The maximum absolute atomic E-state index is 12.8. The number of carbonyl (C=O) groups is 2. The van der Waals surface area contributed by atoms with E-state index in [0.29, 0.717) is 37.4 Å². The Morgan fingerprint density at radius 1 is 1.14 bits per heavy atom. The predicted molar refractivity (Wildman–Crippen MR) is 121 cm³/mol. The third kappa shape index (κ3) is 6.59. The van der Waals surface area contributed by atoms with Crippen molar-refractivity contribution < 1.29 is 27.9 Å². The van der Waals surface area contributed by atoms with Gasteiger partial charge >= 0.3 is 17.8 Å². The molecule has 4 rings (SSSR count). The van der Waals surface area contributed by atoms with Crippen molar-refractivity contribution in [3.8, 4) is 0 Å². The van der Waals surface area contributed by atoms with E-state index in [-0.39, 0.29) is 11.6 Å². The highest BCUT2D eigenvalue weighted by molar-refractivity contribution is 5.93. The lowest BCUT2D eigenvalue weighted by molar-refractivity contribution is -0.192. The van der Waals surface area contributed by atoms with Crippen LogP contribution in [0.1, 0.15) is 16.1 Å². The second kappa shape index (κ2) is 10.6. The molecule has 35 heavy (non-hydrogen) atoms. The number of aromatic amines is 1. The fraction of sp³-hybridized carbons (Fsp3) is 0.364. The summed E-state index contributed by atoms with van der Waals surface area (Å²) in [5.41, 5.74) is 1.92. The zero-order valence-electron chi connectivity index (χ0n) is 19.1. The predicted octanol–water partition coefficient (Wildman–Crippen LogP) is 1.68. The van der Waals surface area contributed by atoms with E-state index in [0.717, 1.165) is 12.4 Å². The van der Waals surface area contributed by atoms with Crippen LogP contribution in [0.5, 0.6) is 0 Å². The van der Waals surface area contributed by atoms with Crippen LogP contribution in [0.25, 0.3) is 5.52 Å². The number of piperazine rings is 1. The topological polar surface area (TPSA) is 114 Å². The number of anilines is 1. The lowest BCUT2D eigenvalue weighted by Crippen LogP contribution is -2.49. The summed E-state index contributed by atoms with van der Waals surface area (Å²) in [6, 6.07) is 9.46. The molecule has 1 amide bonds. The molecule has 0 radical (unpaired) electrons. The highest BCUT2D eigenvalue weighted by atomic mass is 19.4. The summed E-state index contributed by atoms with van der Waals surface area (Å²) < 4.78 is 33.2. The van der Waals surface area contributed by atoms with E-state index in [1.165, 1.54) is 9.96 Å². The molecule has 10 nitrogen and oxygen atoms in total. The van der Waals surface area contributed by atoms with Gasteiger partial charge in [0.2, 0.25) is 0 Å². The summed E-state index contributed by atoms with van der Waals surface area (Å²) in [7, 11) is 4.07. The maximum Gasteiger partial charge on any atom is 0.490 e. The van der Waals surface area contributed by atoms with Crippen LogP contribution in [0.15, 0.2) is 47.5 Å². The van der Waals surface area contributed by atoms with Gasteiger partial charge in [0.05, 0.1) is 5.52 Å². The number of H-pyrrole nitrogens is 1. The Bertz CT molecular complexity index is 1230. The zero-order chi connectivity index (χ0) is 25.8. The maximum atomic E-state index is 12.8. The van der Waals surface area contributed by atoms with Crippen molar-refractivity contribution in [2.45, 2.75) is 12.7 Å². The van der Waals surface area contributed by atoms with Gasteiger partial charge in [-0.25, -0.2) is 14.6 Å². The molecule has 1 aliphatic heterocycles. The number of rotatable bonds is 4. The number of nitrogens with zero attached hydrogens (tertiary/aromatic N) is 5. The van der Waals surface area contributed by atoms with Gasteiger partial charge in [-0.1, -0.05) is 6.07 Å². The van der Waals surface area contributed by atoms with Crippen LogP contribution in [0, 0.1) is 0 Å². The molecule has 3 aromatic rings. The number of aromatic nitrogens is 3. The number of carbonyl (C=O) groups excluding carboxylic acids is 1. The third-order valence-corrected chi connectivity index (χ3v) is 5.20. The minimum Gasteiger partial charge on any atom is -0.475 e. The number of carboxylic acids is 1. The normalized spacial score (nSPS) is 14.1. The van der Waals surface area contributed by atoms with Crippen LogP contribution >= 0.6 is 0 Å². The molecule has 4 heterocycles. The van der Waals surface area contributed by atoms with Crippen LogP contribution in [-0.4, -0.2) is 87.6 Å². The summed E-state index contributed by atoms with van der Waals surface area (Å²) >= 11 is 0. The Kier molecular flexibility index (Phi) is 7.79. The monoisotopic (exact) mass is 494 g/mol. The molecule has 0 bridgehead atoms. The molecular weight excluding hydrogens is 469 g/mol. The molecule has 1 fully saturated rings. The number of alkyl halides is 3. The number of aliphatic carboxylic acids is 1. The molecule has 0 saturated carbocycles. The third-order valence-electron chi connectivity index (χ3n) is 5.20. The van der Waals surface area contributed by atoms with E-state index in [1.54, 1.807) is 23.2 Å². The van der Waals surface area contributed by atoms with Gasteiger partial charge in [-0.15, -0.1) is 0 Å². The van der Waals surface area contributed by atoms with Crippen LogP contribution in [-0.2, 0) is 11.3 Å². The molecule has 0 unspecified atom stereocenters. The van der Waals surface area contributed by atoms with Crippen molar-refractivity contribution in [2.75, 3.05) is 45.2 Å². The molecule has 2 N–H and O–H groups in total. The number of amides is 1. The van der Waals surface area contributed by atoms with E-state index in [2.05, 4.69) is 25.8 Å². The van der Waals surface area contributed by atoms with Gasteiger partial charge in [0.15, 0.2) is 0 Å². The average molecular weight is 494 g/mol. The van der Waals surface area contributed by atoms with E-state index in [1.807, 2.05) is 32.4 Å². The molecule has 0 aliphatic carbocycles. The Balaban J connectivity index is 0.000000429. The number of halogens is 3. The van der Waals surface area contributed by atoms with E-state index in [9.17, 15) is 22.8 Å². The number of hydrogen-bond donors (Lipinski definition) is 2. The van der Waals surface area contributed by atoms with Gasteiger partial charge in [0, 0.05) is 45.1 Å². The van der Waals surface area contributed by atoms with Gasteiger partial charge in [0.25, 0.3) is 5.91 Å². The van der Waals surface area contributed by atoms with Crippen molar-refractivity contribution in [1.29, 1.82) is 0 Å². The Morgan fingerprint density at radius 3 is 2.34 bits per heavy atom. The number of hydrogen-bond acceptors (Lipinski definition) is 6. The minimum atomic E-state index is -5.08. The van der Waals surface area contributed by atoms with Gasteiger partial charge < -0.3 is 24.8 Å². The van der Waals surface area contributed by atoms with Crippen LogP contribution in [0.2, 0.25) is 0 Å². The Hall–Kier alpha value is -3.87. The number of pyridine rings is 1. The van der Waals surface area contributed by atoms with Crippen molar-refractivity contribution in [3.05, 3.63) is 64.5 Å². The molecule has 13 heteroatoms. The first kappa shape index (κ1) is 25.7. The smallest absolute Gasteiger partial charge is 0.475 e. The first-order chi connectivity index (χ1) is 16.5. The lowest BCUT2D eigenvalue weighted by Gasteiger charge is -2.35. The summed E-state index contributed by atoms with van der Waals surface area (Å²) in [6.07, 6.45) is -1.50. The van der Waals surface area contributed by atoms with Crippen LogP contribution < -0.4 is 10.6 Å². The Labute approximate surface area is 198 Å². The van der Waals surface area contributed by atoms with Crippen LogP contribution in [0.3, 0.4) is 0 Å². The summed E-state index contributed by atoms with van der Waals surface area (Å²) in [5.74, 6) is -1.97. The van der Waals surface area contributed by atoms with Crippen molar-refractivity contribution in [3.63, 3.8) is 0 Å². The summed E-state index contributed by atoms with van der Waals surface area (Å²) in [6.45, 7) is 3.47. The second-order valence-electron chi connectivity index (χ2n) is 8.14. The van der Waals surface area contributed by atoms with E-state index in [4.69, 9.17) is 9.90 Å². The first-order valence-corrected chi connectivity index (χ1v) is 10.6. The molecule has 188 valence electrons. The minimum absolute atomic E-state index is 0.144. The molecule has 0 atom stereocenters. The van der Waals surface area contributed by atoms with E-state index < -0.39 is 12.1 Å². The van der Waals surface area contributed by atoms with Crippen molar-refractivity contribution in [2.24, 2.45) is 0 Å². The SMILES string of the molecule is CN(C)Cc1ccc(N2CCN(C(=O)c3cc4cccn4c(=O)[nH]3)CC2)nc1.O=C(O)C(F)(F)F. The largest absolute Gasteiger partial charge is 0.490 e. The standard InChI is InChI=1S/C20H24N6O2.C2HF3O2/c1-23(2)14-15-5-6-18(21-13-15)24-8-10-25(11-9-24)19(27)17-12-16-4-3-7-26(16)20(28)22-17;3-2(4,5)1(6)7/h3-7,12-13H,8-11,14H2,1-2H3,(H,22,28);(H,6,7). The molecule has 0 spiro atoms. The lowest BCUT2D eigenvalue weighted by atomic mass is 10.2. The quantitative estimate of drug-likeness (QED) is 0.567. The number of nitrogens with one attached hydrogen (secondary N) is 1. The Morgan fingerprint density at radius 2 is 1.80 bits per heavy atom. The summed E-state index contributed by atoms with van der Waals surface area (Å²) in [5, 5.41) is 7.12.